The molecule has 0 aliphatic carbocycles. The molecule has 2 atom stereocenters. The fourth-order valence-corrected chi connectivity index (χ4v) is 2.53. The molecule has 0 radical (unpaired) electrons. The van der Waals surface area contributed by atoms with E-state index in [1.54, 1.807) is 0 Å². The van der Waals surface area contributed by atoms with Crippen LogP contribution in [-0.4, -0.2) is 24.5 Å². The van der Waals surface area contributed by atoms with E-state index in [0.717, 1.165) is 18.7 Å². The standard InChI is InChI=1S/C16H21FN2/c1-12-9-19(10-13(12)2)11-15-6-5-14(4-3-7-18)8-16(15)17/h5-6,8,12-13H,7,9-11,18H2,1-2H3. The van der Waals surface area contributed by atoms with Crippen molar-refractivity contribution in [3.8, 4) is 11.8 Å². The number of benzene rings is 1. The maximum absolute atomic E-state index is 14.0. The Balaban J connectivity index is 2.05. The van der Waals surface area contributed by atoms with Crippen molar-refractivity contribution in [1.29, 1.82) is 0 Å². The molecule has 19 heavy (non-hydrogen) atoms. The van der Waals surface area contributed by atoms with Gasteiger partial charge < -0.3 is 5.73 Å². The molecule has 1 aromatic carbocycles. The number of hydrogen-bond acceptors (Lipinski definition) is 2. The number of rotatable bonds is 2. The summed E-state index contributed by atoms with van der Waals surface area (Å²) in [7, 11) is 0. The first-order valence-corrected chi connectivity index (χ1v) is 6.80. The summed E-state index contributed by atoms with van der Waals surface area (Å²) < 4.78 is 14.0. The van der Waals surface area contributed by atoms with Gasteiger partial charge in [0.25, 0.3) is 0 Å². The van der Waals surface area contributed by atoms with Crippen LogP contribution in [0, 0.1) is 29.5 Å². The predicted octanol–water partition coefficient (Wildman–Crippen LogP) is 2.22. The molecule has 1 aliphatic heterocycles. The molecule has 1 aliphatic rings. The van der Waals surface area contributed by atoms with Gasteiger partial charge in [-0.15, -0.1) is 0 Å². The quantitative estimate of drug-likeness (QED) is 0.826. The molecular formula is C16H21FN2. The van der Waals surface area contributed by atoms with E-state index in [4.69, 9.17) is 5.73 Å². The number of halogens is 1. The van der Waals surface area contributed by atoms with E-state index in [-0.39, 0.29) is 5.82 Å². The van der Waals surface area contributed by atoms with E-state index in [1.165, 1.54) is 6.07 Å². The first-order chi connectivity index (χ1) is 9.10. The van der Waals surface area contributed by atoms with E-state index < -0.39 is 0 Å². The number of likely N-dealkylation sites (tertiary alicyclic amines) is 1. The maximum atomic E-state index is 14.0. The van der Waals surface area contributed by atoms with Crippen LogP contribution in [0.15, 0.2) is 18.2 Å². The van der Waals surface area contributed by atoms with Crippen molar-refractivity contribution < 1.29 is 4.39 Å². The lowest BCUT2D eigenvalue weighted by atomic mass is 10.0. The van der Waals surface area contributed by atoms with Crippen molar-refractivity contribution >= 4 is 0 Å². The van der Waals surface area contributed by atoms with E-state index in [9.17, 15) is 4.39 Å². The third-order valence-electron chi connectivity index (χ3n) is 3.85. The second-order valence-corrected chi connectivity index (χ2v) is 5.46. The third-order valence-corrected chi connectivity index (χ3v) is 3.85. The van der Waals surface area contributed by atoms with Gasteiger partial charge in [0.2, 0.25) is 0 Å². The van der Waals surface area contributed by atoms with Gasteiger partial charge >= 0.3 is 0 Å². The first-order valence-electron chi connectivity index (χ1n) is 6.80. The van der Waals surface area contributed by atoms with Gasteiger partial charge in [0.05, 0.1) is 6.54 Å². The van der Waals surface area contributed by atoms with Crippen LogP contribution in [0.2, 0.25) is 0 Å². The van der Waals surface area contributed by atoms with Crippen LogP contribution in [0.1, 0.15) is 25.0 Å². The SMILES string of the molecule is CC1CN(Cc2ccc(C#CCN)cc2F)CC1C. The number of hydrogen-bond donors (Lipinski definition) is 1. The zero-order chi connectivity index (χ0) is 13.8. The van der Waals surface area contributed by atoms with E-state index >= 15 is 0 Å². The van der Waals surface area contributed by atoms with Crippen LogP contribution in [-0.2, 0) is 6.54 Å². The van der Waals surface area contributed by atoms with Gasteiger partial charge in [-0.25, -0.2) is 4.39 Å². The summed E-state index contributed by atoms with van der Waals surface area (Å²) in [6, 6.07) is 5.20. The monoisotopic (exact) mass is 260 g/mol. The van der Waals surface area contributed by atoms with E-state index in [2.05, 4.69) is 30.6 Å². The highest BCUT2D eigenvalue weighted by Gasteiger charge is 2.26. The molecule has 1 heterocycles. The Labute approximate surface area is 114 Å². The lowest BCUT2D eigenvalue weighted by Gasteiger charge is -2.16. The normalized spacial score (nSPS) is 23.2. The molecule has 0 aromatic heterocycles. The minimum absolute atomic E-state index is 0.170. The zero-order valence-corrected chi connectivity index (χ0v) is 11.6. The minimum atomic E-state index is -0.170. The van der Waals surface area contributed by atoms with Gasteiger partial charge in [-0.2, -0.15) is 0 Å². The van der Waals surface area contributed by atoms with Crippen LogP contribution in [0.3, 0.4) is 0 Å². The molecule has 2 N–H and O–H groups in total. The molecule has 1 saturated heterocycles. The zero-order valence-electron chi connectivity index (χ0n) is 11.6. The molecule has 0 amide bonds. The Morgan fingerprint density at radius 3 is 2.58 bits per heavy atom. The van der Waals surface area contributed by atoms with Crippen LogP contribution >= 0.6 is 0 Å². The lowest BCUT2D eigenvalue weighted by Crippen LogP contribution is -2.20. The van der Waals surface area contributed by atoms with Crippen molar-refractivity contribution in [2.45, 2.75) is 20.4 Å². The second-order valence-electron chi connectivity index (χ2n) is 5.46. The summed E-state index contributed by atoms with van der Waals surface area (Å²) in [6.45, 7) is 7.60. The highest BCUT2D eigenvalue weighted by atomic mass is 19.1. The Morgan fingerprint density at radius 2 is 2.00 bits per heavy atom. The molecule has 1 fully saturated rings. The van der Waals surface area contributed by atoms with Crippen LogP contribution in [0.4, 0.5) is 4.39 Å². The molecule has 0 spiro atoms. The van der Waals surface area contributed by atoms with Crippen molar-refractivity contribution in [2.75, 3.05) is 19.6 Å². The summed E-state index contributed by atoms with van der Waals surface area (Å²) >= 11 is 0. The largest absolute Gasteiger partial charge is 0.320 e. The van der Waals surface area contributed by atoms with Gasteiger partial charge in [-0.1, -0.05) is 31.8 Å². The summed E-state index contributed by atoms with van der Waals surface area (Å²) in [5.41, 5.74) is 6.74. The minimum Gasteiger partial charge on any atom is -0.320 e. The van der Waals surface area contributed by atoms with Gasteiger partial charge in [0, 0.05) is 30.8 Å². The summed E-state index contributed by atoms with van der Waals surface area (Å²) in [6.07, 6.45) is 0. The molecule has 102 valence electrons. The van der Waals surface area contributed by atoms with Crippen molar-refractivity contribution in [2.24, 2.45) is 17.6 Å². The molecule has 0 saturated carbocycles. The molecule has 1 aromatic rings. The molecule has 0 bridgehead atoms. The Kier molecular flexibility index (Phi) is 4.57. The summed E-state index contributed by atoms with van der Waals surface area (Å²) in [5.74, 6) is 6.80. The fraction of sp³-hybridized carbons (Fsp3) is 0.500. The fourth-order valence-electron chi connectivity index (χ4n) is 2.53. The van der Waals surface area contributed by atoms with Gasteiger partial charge in [0.1, 0.15) is 5.82 Å². The van der Waals surface area contributed by atoms with Crippen LogP contribution in [0.25, 0.3) is 0 Å². The van der Waals surface area contributed by atoms with Gasteiger partial charge in [0.15, 0.2) is 0 Å². The lowest BCUT2D eigenvalue weighted by molar-refractivity contribution is 0.311. The smallest absolute Gasteiger partial charge is 0.128 e. The van der Waals surface area contributed by atoms with Crippen molar-refractivity contribution in [3.05, 3.63) is 35.1 Å². The second kappa shape index (κ2) is 6.18. The maximum Gasteiger partial charge on any atom is 0.128 e. The Morgan fingerprint density at radius 1 is 1.32 bits per heavy atom. The molecule has 3 heteroatoms. The number of nitrogens with two attached hydrogens (primary N) is 1. The summed E-state index contributed by atoms with van der Waals surface area (Å²) in [5, 5.41) is 0. The molecular weight excluding hydrogens is 239 g/mol. The highest BCUT2D eigenvalue weighted by Crippen LogP contribution is 2.24. The van der Waals surface area contributed by atoms with Gasteiger partial charge in [-0.05, 0) is 24.0 Å². The van der Waals surface area contributed by atoms with E-state index in [0.29, 0.717) is 30.5 Å². The summed E-state index contributed by atoms with van der Waals surface area (Å²) in [4.78, 5) is 2.32. The van der Waals surface area contributed by atoms with E-state index in [1.807, 2.05) is 12.1 Å². The first kappa shape index (κ1) is 14.0. The number of nitrogens with zero attached hydrogens (tertiary/aromatic N) is 1. The molecule has 2 nitrogen and oxygen atoms in total. The Bertz CT molecular complexity index is 491. The van der Waals surface area contributed by atoms with Crippen LogP contribution < -0.4 is 5.73 Å². The Hall–Kier alpha value is -1.37. The third kappa shape index (κ3) is 3.56. The predicted molar refractivity (Wildman–Crippen MR) is 75.9 cm³/mol. The average Bonchev–Trinajstić information content (AvgIpc) is 2.69. The highest BCUT2D eigenvalue weighted by molar-refractivity contribution is 5.37. The van der Waals surface area contributed by atoms with Crippen LogP contribution in [0.5, 0.6) is 0 Å². The topological polar surface area (TPSA) is 29.3 Å². The van der Waals surface area contributed by atoms with Crippen molar-refractivity contribution in [1.82, 2.24) is 4.90 Å². The molecule has 2 unspecified atom stereocenters. The van der Waals surface area contributed by atoms with Gasteiger partial charge in [-0.3, -0.25) is 4.90 Å². The molecule has 2 rings (SSSR count). The average molecular weight is 260 g/mol. The van der Waals surface area contributed by atoms with Crippen molar-refractivity contribution in [3.63, 3.8) is 0 Å².